The van der Waals surface area contributed by atoms with Crippen molar-refractivity contribution in [3.8, 4) is 0 Å². The highest BCUT2D eigenvalue weighted by Gasteiger charge is 2.16. The third-order valence-corrected chi connectivity index (χ3v) is 2.71. The molecule has 0 saturated carbocycles. The van der Waals surface area contributed by atoms with E-state index in [1.807, 2.05) is 32.0 Å². The summed E-state index contributed by atoms with van der Waals surface area (Å²) in [5.41, 5.74) is 0.945. The topological polar surface area (TPSA) is 54.0 Å². The molecular formula is C14H23N3O. The van der Waals surface area contributed by atoms with Crippen LogP contribution in [0.1, 0.15) is 39.4 Å². The van der Waals surface area contributed by atoms with Crippen LogP contribution in [0.4, 0.5) is 0 Å². The SMILES string of the molecule is CC(C)CNC(=O)C(C)NC(C)c1ccccn1. The van der Waals surface area contributed by atoms with E-state index < -0.39 is 0 Å². The lowest BCUT2D eigenvalue weighted by Crippen LogP contribution is -2.44. The van der Waals surface area contributed by atoms with E-state index in [0.29, 0.717) is 12.5 Å². The van der Waals surface area contributed by atoms with E-state index in [1.54, 1.807) is 6.20 Å². The minimum atomic E-state index is -0.222. The standard InChI is InChI=1S/C14H23N3O/c1-10(2)9-16-14(18)12(4)17-11(3)13-7-5-6-8-15-13/h5-8,10-12,17H,9H2,1-4H3,(H,16,18). The number of nitrogens with zero attached hydrogens (tertiary/aromatic N) is 1. The Morgan fingerprint density at radius 1 is 1.28 bits per heavy atom. The van der Waals surface area contributed by atoms with Crippen molar-refractivity contribution in [1.29, 1.82) is 0 Å². The molecule has 18 heavy (non-hydrogen) atoms. The molecule has 0 fully saturated rings. The molecule has 2 unspecified atom stereocenters. The van der Waals surface area contributed by atoms with Gasteiger partial charge < -0.3 is 5.32 Å². The fourth-order valence-electron chi connectivity index (χ4n) is 1.63. The van der Waals surface area contributed by atoms with Crippen LogP contribution in [0.2, 0.25) is 0 Å². The average Bonchev–Trinajstić information content (AvgIpc) is 2.36. The lowest BCUT2D eigenvalue weighted by atomic mass is 10.1. The largest absolute Gasteiger partial charge is 0.354 e. The Kier molecular flexibility index (Phi) is 5.78. The maximum absolute atomic E-state index is 11.8. The first kappa shape index (κ1) is 14.6. The Labute approximate surface area is 109 Å². The first-order valence-corrected chi connectivity index (χ1v) is 6.45. The van der Waals surface area contributed by atoms with Crippen molar-refractivity contribution in [3.05, 3.63) is 30.1 Å². The highest BCUT2D eigenvalue weighted by Crippen LogP contribution is 2.08. The monoisotopic (exact) mass is 249 g/mol. The highest BCUT2D eigenvalue weighted by atomic mass is 16.2. The van der Waals surface area contributed by atoms with Gasteiger partial charge in [-0.2, -0.15) is 0 Å². The normalized spacial score (nSPS) is 14.3. The van der Waals surface area contributed by atoms with Crippen molar-refractivity contribution in [2.24, 2.45) is 5.92 Å². The predicted molar refractivity (Wildman–Crippen MR) is 73.1 cm³/mol. The summed E-state index contributed by atoms with van der Waals surface area (Å²) in [7, 11) is 0. The molecule has 0 radical (unpaired) electrons. The summed E-state index contributed by atoms with van der Waals surface area (Å²) in [4.78, 5) is 16.1. The molecule has 4 heteroatoms. The molecule has 2 N–H and O–H groups in total. The van der Waals surface area contributed by atoms with Gasteiger partial charge in [0.1, 0.15) is 0 Å². The molecule has 0 saturated heterocycles. The van der Waals surface area contributed by atoms with Crippen molar-refractivity contribution in [3.63, 3.8) is 0 Å². The van der Waals surface area contributed by atoms with Crippen LogP contribution in [0.25, 0.3) is 0 Å². The van der Waals surface area contributed by atoms with Gasteiger partial charge in [-0.15, -0.1) is 0 Å². The van der Waals surface area contributed by atoms with E-state index in [9.17, 15) is 4.79 Å². The molecule has 1 amide bonds. The van der Waals surface area contributed by atoms with Crippen LogP contribution in [0.15, 0.2) is 24.4 Å². The Bertz CT molecular complexity index is 365. The van der Waals surface area contributed by atoms with Gasteiger partial charge in [0.25, 0.3) is 0 Å². The fraction of sp³-hybridized carbons (Fsp3) is 0.571. The lowest BCUT2D eigenvalue weighted by Gasteiger charge is -2.19. The van der Waals surface area contributed by atoms with E-state index in [2.05, 4.69) is 29.5 Å². The number of pyridine rings is 1. The number of amides is 1. The summed E-state index contributed by atoms with van der Waals surface area (Å²) in [6, 6.07) is 5.63. The third kappa shape index (κ3) is 4.84. The maximum atomic E-state index is 11.8. The van der Waals surface area contributed by atoms with Gasteiger partial charge in [-0.1, -0.05) is 19.9 Å². The van der Waals surface area contributed by atoms with E-state index in [1.165, 1.54) is 0 Å². The molecule has 0 bridgehead atoms. The van der Waals surface area contributed by atoms with Crippen LogP contribution in [0.5, 0.6) is 0 Å². The zero-order chi connectivity index (χ0) is 13.5. The van der Waals surface area contributed by atoms with E-state index in [4.69, 9.17) is 0 Å². The fourth-order valence-corrected chi connectivity index (χ4v) is 1.63. The molecule has 4 nitrogen and oxygen atoms in total. The maximum Gasteiger partial charge on any atom is 0.236 e. The number of rotatable bonds is 6. The van der Waals surface area contributed by atoms with Crippen LogP contribution in [-0.4, -0.2) is 23.5 Å². The van der Waals surface area contributed by atoms with Gasteiger partial charge in [0.2, 0.25) is 5.91 Å². The number of hydrogen-bond donors (Lipinski definition) is 2. The van der Waals surface area contributed by atoms with Crippen molar-refractivity contribution < 1.29 is 4.79 Å². The van der Waals surface area contributed by atoms with Crippen molar-refractivity contribution in [1.82, 2.24) is 15.6 Å². The summed E-state index contributed by atoms with van der Waals surface area (Å²) in [6.07, 6.45) is 1.76. The smallest absolute Gasteiger partial charge is 0.236 e. The summed E-state index contributed by atoms with van der Waals surface area (Å²) >= 11 is 0. The molecule has 0 aliphatic heterocycles. The first-order chi connectivity index (χ1) is 8.50. The van der Waals surface area contributed by atoms with Gasteiger partial charge in [-0.05, 0) is 31.9 Å². The van der Waals surface area contributed by atoms with Gasteiger partial charge in [0.15, 0.2) is 0 Å². The van der Waals surface area contributed by atoms with Crippen LogP contribution in [0.3, 0.4) is 0 Å². The second-order valence-electron chi connectivity index (χ2n) is 5.00. The van der Waals surface area contributed by atoms with Crippen molar-refractivity contribution in [2.75, 3.05) is 6.54 Å². The molecule has 1 rings (SSSR count). The Balaban J connectivity index is 2.44. The molecule has 2 atom stereocenters. The number of carbonyl (C=O) groups is 1. The molecule has 0 spiro atoms. The summed E-state index contributed by atoms with van der Waals surface area (Å²) in [5, 5.41) is 6.16. The highest BCUT2D eigenvalue weighted by molar-refractivity contribution is 5.81. The number of carbonyl (C=O) groups excluding carboxylic acids is 1. The van der Waals surface area contributed by atoms with Crippen LogP contribution in [-0.2, 0) is 4.79 Å². The molecule has 100 valence electrons. The van der Waals surface area contributed by atoms with E-state index >= 15 is 0 Å². The van der Waals surface area contributed by atoms with Crippen LogP contribution < -0.4 is 10.6 Å². The number of nitrogens with one attached hydrogen (secondary N) is 2. The molecular weight excluding hydrogens is 226 g/mol. The minimum Gasteiger partial charge on any atom is -0.354 e. The second-order valence-corrected chi connectivity index (χ2v) is 5.00. The minimum absolute atomic E-state index is 0.0338. The van der Waals surface area contributed by atoms with Crippen molar-refractivity contribution in [2.45, 2.75) is 39.8 Å². The first-order valence-electron chi connectivity index (χ1n) is 6.45. The Morgan fingerprint density at radius 2 is 2.00 bits per heavy atom. The summed E-state index contributed by atoms with van der Waals surface area (Å²) in [6.45, 7) is 8.75. The average molecular weight is 249 g/mol. The van der Waals surface area contributed by atoms with Gasteiger partial charge in [-0.25, -0.2) is 0 Å². The van der Waals surface area contributed by atoms with Gasteiger partial charge >= 0.3 is 0 Å². The Morgan fingerprint density at radius 3 is 2.56 bits per heavy atom. The van der Waals surface area contributed by atoms with E-state index in [-0.39, 0.29) is 18.0 Å². The van der Waals surface area contributed by atoms with E-state index in [0.717, 1.165) is 5.69 Å². The molecule has 0 aromatic carbocycles. The Hall–Kier alpha value is -1.42. The zero-order valence-electron chi connectivity index (χ0n) is 11.6. The quantitative estimate of drug-likeness (QED) is 0.809. The predicted octanol–water partition coefficient (Wildman–Crippen LogP) is 1.89. The second kappa shape index (κ2) is 7.11. The molecule has 0 aliphatic carbocycles. The number of aromatic nitrogens is 1. The van der Waals surface area contributed by atoms with Crippen molar-refractivity contribution >= 4 is 5.91 Å². The van der Waals surface area contributed by atoms with Gasteiger partial charge in [-0.3, -0.25) is 15.1 Å². The van der Waals surface area contributed by atoms with Crippen LogP contribution in [0, 0.1) is 5.92 Å². The van der Waals surface area contributed by atoms with Gasteiger partial charge in [0.05, 0.1) is 11.7 Å². The zero-order valence-corrected chi connectivity index (χ0v) is 11.6. The summed E-state index contributed by atoms with van der Waals surface area (Å²) < 4.78 is 0. The molecule has 1 aromatic rings. The van der Waals surface area contributed by atoms with Gasteiger partial charge in [0, 0.05) is 18.8 Å². The summed E-state index contributed by atoms with van der Waals surface area (Å²) in [5.74, 6) is 0.501. The lowest BCUT2D eigenvalue weighted by molar-refractivity contribution is -0.123. The third-order valence-electron chi connectivity index (χ3n) is 2.71. The number of hydrogen-bond acceptors (Lipinski definition) is 3. The molecule has 0 aliphatic rings. The van der Waals surface area contributed by atoms with Crippen LogP contribution >= 0.6 is 0 Å². The molecule has 1 aromatic heterocycles. The molecule has 1 heterocycles.